The van der Waals surface area contributed by atoms with E-state index < -0.39 is 0 Å². The molecular weight excluding hydrogens is 222 g/mol. The van der Waals surface area contributed by atoms with Crippen molar-refractivity contribution >= 4 is 17.7 Å². The first-order chi connectivity index (χ1) is 7.74. The monoisotopic (exact) mass is 237 g/mol. The topological polar surface area (TPSA) is 40.5 Å². The lowest BCUT2D eigenvalue weighted by Crippen LogP contribution is -2.51. The van der Waals surface area contributed by atoms with Gasteiger partial charge in [0.25, 0.3) is 5.91 Å². The van der Waals surface area contributed by atoms with Crippen LogP contribution in [0.25, 0.3) is 0 Å². The van der Waals surface area contributed by atoms with E-state index in [1.165, 1.54) is 0 Å². The van der Waals surface area contributed by atoms with Crippen LogP contribution in [0.2, 0.25) is 0 Å². The first kappa shape index (κ1) is 11.5. The molecule has 1 saturated heterocycles. The highest BCUT2D eigenvalue weighted by Crippen LogP contribution is 2.20. The quantitative estimate of drug-likeness (QED) is 0.809. The van der Waals surface area contributed by atoms with E-state index in [0.29, 0.717) is 13.1 Å². The molecule has 4 heteroatoms. The minimum absolute atomic E-state index is 0.0670. The number of hydrogen-bond acceptors (Lipinski definition) is 3. The third-order valence-corrected chi connectivity index (χ3v) is 3.58. The number of aliphatic hydroxyl groups excluding tert-OH is 1. The highest BCUT2D eigenvalue weighted by atomic mass is 32.2. The Labute approximate surface area is 99.5 Å². The second-order valence-corrected chi connectivity index (χ2v) is 4.87. The van der Waals surface area contributed by atoms with Crippen LogP contribution in [0, 0.1) is 5.92 Å². The third kappa shape index (κ3) is 2.23. The van der Waals surface area contributed by atoms with Crippen molar-refractivity contribution in [1.29, 1.82) is 0 Å². The Morgan fingerprint density at radius 1 is 1.44 bits per heavy atom. The van der Waals surface area contributed by atoms with Gasteiger partial charge in [-0.05, 0) is 30.5 Å². The van der Waals surface area contributed by atoms with Gasteiger partial charge in [0.2, 0.25) is 0 Å². The van der Waals surface area contributed by atoms with Gasteiger partial charge in [-0.1, -0.05) is 0 Å². The van der Waals surface area contributed by atoms with Crippen molar-refractivity contribution in [2.75, 3.05) is 26.0 Å². The van der Waals surface area contributed by atoms with Gasteiger partial charge in [0.05, 0.1) is 0 Å². The Bertz CT molecular complexity index is 371. The Morgan fingerprint density at radius 3 is 2.56 bits per heavy atom. The maximum Gasteiger partial charge on any atom is 0.253 e. The van der Waals surface area contributed by atoms with Gasteiger partial charge in [0.15, 0.2) is 0 Å². The maximum absolute atomic E-state index is 11.9. The molecule has 0 spiro atoms. The van der Waals surface area contributed by atoms with Gasteiger partial charge < -0.3 is 10.0 Å². The number of amides is 1. The number of thioether (sulfide) groups is 1. The lowest BCUT2D eigenvalue weighted by Gasteiger charge is -2.38. The van der Waals surface area contributed by atoms with Gasteiger partial charge in [-0.25, -0.2) is 0 Å². The van der Waals surface area contributed by atoms with Gasteiger partial charge in [-0.2, -0.15) is 0 Å². The highest BCUT2D eigenvalue weighted by molar-refractivity contribution is 7.98. The molecule has 0 atom stereocenters. The van der Waals surface area contributed by atoms with Crippen LogP contribution in [0.1, 0.15) is 10.4 Å². The summed E-state index contributed by atoms with van der Waals surface area (Å²) in [6.45, 7) is 1.54. The smallest absolute Gasteiger partial charge is 0.253 e. The lowest BCUT2D eigenvalue weighted by atomic mass is 10.00. The summed E-state index contributed by atoms with van der Waals surface area (Å²) in [7, 11) is 0. The molecule has 16 heavy (non-hydrogen) atoms. The van der Waals surface area contributed by atoms with E-state index in [1.807, 2.05) is 30.5 Å². The van der Waals surface area contributed by atoms with Crippen molar-refractivity contribution < 1.29 is 9.90 Å². The van der Waals surface area contributed by atoms with Crippen molar-refractivity contribution in [3.63, 3.8) is 0 Å². The normalized spacial score (nSPS) is 16.0. The van der Waals surface area contributed by atoms with Gasteiger partial charge in [0, 0.05) is 36.1 Å². The molecule has 1 N–H and O–H groups in total. The van der Waals surface area contributed by atoms with Crippen LogP contribution in [-0.4, -0.2) is 41.9 Å². The molecule has 0 unspecified atom stereocenters. The van der Waals surface area contributed by atoms with Crippen LogP contribution >= 0.6 is 11.8 Å². The number of carbonyl (C=O) groups is 1. The Hall–Kier alpha value is -1.00. The minimum Gasteiger partial charge on any atom is -0.396 e. The van der Waals surface area contributed by atoms with E-state index in [-0.39, 0.29) is 18.4 Å². The Balaban J connectivity index is 1.99. The molecule has 1 aliphatic rings. The Kier molecular flexibility index (Phi) is 3.51. The SMILES string of the molecule is CSc1ccc(C(=O)N2CC(CO)C2)cc1. The minimum atomic E-state index is 0.0670. The summed E-state index contributed by atoms with van der Waals surface area (Å²) in [6, 6.07) is 7.64. The third-order valence-electron chi connectivity index (χ3n) is 2.84. The fraction of sp³-hybridized carbons (Fsp3) is 0.417. The highest BCUT2D eigenvalue weighted by Gasteiger charge is 2.30. The number of likely N-dealkylation sites (tertiary alicyclic amines) is 1. The van der Waals surface area contributed by atoms with E-state index in [4.69, 9.17) is 5.11 Å². The summed E-state index contributed by atoms with van der Waals surface area (Å²) < 4.78 is 0. The van der Waals surface area contributed by atoms with Crippen molar-refractivity contribution in [2.24, 2.45) is 5.92 Å². The van der Waals surface area contributed by atoms with E-state index in [2.05, 4.69) is 0 Å². The average Bonchev–Trinajstić information content (AvgIpc) is 2.27. The summed E-state index contributed by atoms with van der Waals surface area (Å²) in [5.41, 5.74) is 0.731. The summed E-state index contributed by atoms with van der Waals surface area (Å²) in [4.78, 5) is 14.9. The molecule has 1 fully saturated rings. The molecule has 0 aromatic heterocycles. The molecule has 0 aliphatic carbocycles. The van der Waals surface area contributed by atoms with Gasteiger partial charge in [-0.15, -0.1) is 11.8 Å². The van der Waals surface area contributed by atoms with E-state index in [0.717, 1.165) is 10.5 Å². The summed E-state index contributed by atoms with van der Waals surface area (Å²) in [5, 5.41) is 8.88. The molecule has 2 rings (SSSR count). The first-order valence-corrected chi connectivity index (χ1v) is 6.51. The fourth-order valence-corrected chi connectivity index (χ4v) is 2.18. The molecule has 1 aromatic carbocycles. The maximum atomic E-state index is 11.9. The van der Waals surface area contributed by atoms with Crippen LogP contribution in [-0.2, 0) is 0 Å². The lowest BCUT2D eigenvalue weighted by molar-refractivity contribution is 0.0362. The second-order valence-electron chi connectivity index (χ2n) is 3.99. The van der Waals surface area contributed by atoms with E-state index in [9.17, 15) is 4.79 Å². The first-order valence-electron chi connectivity index (χ1n) is 5.28. The van der Waals surface area contributed by atoms with Crippen molar-refractivity contribution in [3.05, 3.63) is 29.8 Å². The molecule has 0 radical (unpaired) electrons. The zero-order valence-electron chi connectivity index (χ0n) is 9.22. The molecule has 86 valence electrons. The molecular formula is C12H15NO2S. The summed E-state index contributed by atoms with van der Waals surface area (Å²) in [5.74, 6) is 0.340. The number of aliphatic hydroxyl groups is 1. The zero-order chi connectivity index (χ0) is 11.5. The molecule has 0 saturated carbocycles. The molecule has 1 heterocycles. The van der Waals surface area contributed by atoms with Crippen LogP contribution < -0.4 is 0 Å². The fourth-order valence-electron chi connectivity index (χ4n) is 1.77. The number of hydrogen-bond donors (Lipinski definition) is 1. The molecule has 1 amide bonds. The predicted molar refractivity (Wildman–Crippen MR) is 64.7 cm³/mol. The number of benzene rings is 1. The number of carbonyl (C=O) groups excluding carboxylic acids is 1. The largest absolute Gasteiger partial charge is 0.396 e. The van der Waals surface area contributed by atoms with Crippen LogP contribution in [0.4, 0.5) is 0 Å². The van der Waals surface area contributed by atoms with Gasteiger partial charge in [-0.3, -0.25) is 4.79 Å². The molecule has 1 aromatic rings. The second kappa shape index (κ2) is 4.89. The van der Waals surface area contributed by atoms with Crippen LogP contribution in [0.5, 0.6) is 0 Å². The van der Waals surface area contributed by atoms with Crippen molar-refractivity contribution in [2.45, 2.75) is 4.90 Å². The van der Waals surface area contributed by atoms with E-state index in [1.54, 1.807) is 16.7 Å². The average molecular weight is 237 g/mol. The van der Waals surface area contributed by atoms with Gasteiger partial charge in [0.1, 0.15) is 0 Å². The summed E-state index contributed by atoms with van der Waals surface area (Å²) in [6.07, 6.45) is 2.01. The van der Waals surface area contributed by atoms with Crippen LogP contribution in [0.3, 0.4) is 0 Å². The molecule has 3 nitrogen and oxygen atoms in total. The zero-order valence-corrected chi connectivity index (χ0v) is 10.0. The van der Waals surface area contributed by atoms with Gasteiger partial charge >= 0.3 is 0 Å². The predicted octanol–water partition coefficient (Wildman–Crippen LogP) is 1.47. The number of nitrogens with zero attached hydrogens (tertiary/aromatic N) is 1. The molecule has 1 aliphatic heterocycles. The Morgan fingerprint density at radius 2 is 2.06 bits per heavy atom. The summed E-state index contributed by atoms with van der Waals surface area (Å²) >= 11 is 1.66. The standard InChI is InChI=1S/C12H15NO2S/c1-16-11-4-2-10(3-5-11)12(15)13-6-9(7-13)8-14/h2-5,9,14H,6-8H2,1H3. The molecule has 0 bridgehead atoms. The van der Waals surface area contributed by atoms with Crippen molar-refractivity contribution in [1.82, 2.24) is 4.90 Å². The number of rotatable bonds is 3. The van der Waals surface area contributed by atoms with Crippen molar-refractivity contribution in [3.8, 4) is 0 Å². The van der Waals surface area contributed by atoms with Crippen LogP contribution in [0.15, 0.2) is 29.2 Å². The van der Waals surface area contributed by atoms with E-state index >= 15 is 0 Å².